The maximum atomic E-state index is 12.2. The van der Waals surface area contributed by atoms with Crippen LogP contribution in [0.15, 0.2) is 24.3 Å². The minimum atomic E-state index is -1.06. The van der Waals surface area contributed by atoms with E-state index >= 15 is 0 Å². The van der Waals surface area contributed by atoms with E-state index in [4.69, 9.17) is 9.84 Å². The number of carbonyl (C=O) groups is 2. The fourth-order valence-corrected chi connectivity index (χ4v) is 2.16. The number of hydrogen-bond acceptors (Lipinski definition) is 3. The Bertz CT molecular complexity index is 524. The number of nitrogens with zero attached hydrogens (tertiary/aromatic N) is 1. The molecule has 0 saturated carbocycles. The highest BCUT2D eigenvalue weighted by Crippen LogP contribution is 2.22. The molecule has 1 heterocycles. The van der Waals surface area contributed by atoms with Gasteiger partial charge in [-0.2, -0.15) is 0 Å². The molecule has 1 unspecified atom stereocenters. The molecule has 108 valence electrons. The zero-order valence-electron chi connectivity index (χ0n) is 11.5. The third-order valence-electron chi connectivity index (χ3n) is 3.43. The molecule has 2 amide bonds. The Morgan fingerprint density at radius 3 is 2.70 bits per heavy atom. The quantitative estimate of drug-likeness (QED) is 0.882. The summed E-state index contributed by atoms with van der Waals surface area (Å²) < 4.78 is 5.28. The van der Waals surface area contributed by atoms with Crippen LogP contribution in [0, 0.1) is 0 Å². The smallest absolute Gasteiger partial charge is 0.337 e. The Balaban J connectivity index is 2.16. The van der Waals surface area contributed by atoms with Crippen molar-refractivity contribution in [1.29, 1.82) is 0 Å². The first-order valence-corrected chi connectivity index (χ1v) is 6.39. The molecule has 6 heteroatoms. The lowest BCUT2D eigenvalue weighted by molar-refractivity contribution is 0.0697. The molecule has 1 aliphatic heterocycles. The molecule has 20 heavy (non-hydrogen) atoms. The van der Waals surface area contributed by atoms with Crippen LogP contribution >= 0.6 is 0 Å². The van der Waals surface area contributed by atoms with Gasteiger partial charge in [-0.3, -0.25) is 4.90 Å². The minimum Gasteiger partial charge on any atom is -0.478 e. The summed E-state index contributed by atoms with van der Waals surface area (Å²) in [5.41, 5.74) is 0.0572. The molecule has 6 nitrogen and oxygen atoms in total. The van der Waals surface area contributed by atoms with Crippen LogP contribution in [0.3, 0.4) is 0 Å². The molecule has 2 rings (SSSR count). The van der Waals surface area contributed by atoms with Crippen molar-refractivity contribution in [2.45, 2.75) is 18.9 Å². The summed E-state index contributed by atoms with van der Waals surface area (Å²) in [6.07, 6.45) is 0.743. The van der Waals surface area contributed by atoms with E-state index < -0.39 is 11.5 Å². The number of amides is 2. The maximum absolute atomic E-state index is 12.2. The van der Waals surface area contributed by atoms with Crippen LogP contribution in [0.5, 0.6) is 0 Å². The standard InChI is InChI=1S/C14H18N2O4/c1-14(7-8-20-9-14)15-13(19)16(2)11-6-4-3-5-10(11)12(17)18/h3-6H,7-9H2,1-2H3,(H,15,19)(H,17,18). The van der Waals surface area contributed by atoms with E-state index in [1.165, 1.54) is 11.0 Å². The van der Waals surface area contributed by atoms with Gasteiger partial charge in [0.25, 0.3) is 0 Å². The van der Waals surface area contributed by atoms with Crippen LogP contribution in [0.25, 0.3) is 0 Å². The van der Waals surface area contributed by atoms with Gasteiger partial charge in [-0.25, -0.2) is 9.59 Å². The van der Waals surface area contributed by atoms with Gasteiger partial charge in [-0.1, -0.05) is 12.1 Å². The van der Waals surface area contributed by atoms with Crippen LogP contribution in [0.1, 0.15) is 23.7 Å². The summed E-state index contributed by atoms with van der Waals surface area (Å²) in [5, 5.41) is 12.0. The Morgan fingerprint density at radius 1 is 1.40 bits per heavy atom. The molecule has 1 saturated heterocycles. The van der Waals surface area contributed by atoms with Crippen molar-refractivity contribution in [2.75, 3.05) is 25.2 Å². The molecule has 0 aliphatic carbocycles. The van der Waals surface area contributed by atoms with Crippen LogP contribution in [-0.4, -0.2) is 42.9 Å². The highest BCUT2D eigenvalue weighted by atomic mass is 16.5. The van der Waals surface area contributed by atoms with Crippen molar-refractivity contribution in [1.82, 2.24) is 5.32 Å². The van der Waals surface area contributed by atoms with Gasteiger partial charge in [0, 0.05) is 13.7 Å². The van der Waals surface area contributed by atoms with Gasteiger partial charge in [0.1, 0.15) is 0 Å². The molecule has 0 aromatic heterocycles. The Kier molecular flexibility index (Phi) is 3.94. The number of hydrogen-bond donors (Lipinski definition) is 2. The van der Waals surface area contributed by atoms with Crippen LogP contribution < -0.4 is 10.2 Å². The molecule has 2 N–H and O–H groups in total. The zero-order valence-corrected chi connectivity index (χ0v) is 11.5. The molecule has 1 fully saturated rings. The molecular formula is C14H18N2O4. The van der Waals surface area contributed by atoms with Crippen molar-refractivity contribution >= 4 is 17.7 Å². The first-order valence-electron chi connectivity index (χ1n) is 6.39. The molecule has 1 atom stereocenters. The van der Waals surface area contributed by atoms with E-state index in [9.17, 15) is 9.59 Å². The van der Waals surface area contributed by atoms with Gasteiger partial charge in [0.2, 0.25) is 0 Å². The number of anilines is 1. The fourth-order valence-electron chi connectivity index (χ4n) is 2.16. The minimum absolute atomic E-state index is 0.0953. The summed E-state index contributed by atoms with van der Waals surface area (Å²) in [7, 11) is 1.55. The van der Waals surface area contributed by atoms with Crippen molar-refractivity contribution in [3.05, 3.63) is 29.8 Å². The van der Waals surface area contributed by atoms with Gasteiger partial charge in [0.15, 0.2) is 0 Å². The summed E-state index contributed by atoms with van der Waals surface area (Å²) >= 11 is 0. The van der Waals surface area contributed by atoms with Gasteiger partial charge >= 0.3 is 12.0 Å². The number of ether oxygens (including phenoxy) is 1. The predicted molar refractivity (Wildman–Crippen MR) is 74.2 cm³/mol. The highest BCUT2D eigenvalue weighted by Gasteiger charge is 2.32. The number of aromatic carboxylic acids is 1. The highest BCUT2D eigenvalue weighted by molar-refractivity contribution is 6.01. The number of carboxylic acid groups (broad SMARTS) is 1. The number of rotatable bonds is 3. The van der Waals surface area contributed by atoms with Crippen LogP contribution in [-0.2, 0) is 4.74 Å². The van der Waals surface area contributed by atoms with Crippen LogP contribution in [0.2, 0.25) is 0 Å². The molecule has 1 aromatic carbocycles. The Hall–Kier alpha value is -2.08. The molecule has 1 aromatic rings. The normalized spacial score (nSPS) is 21.5. The van der Waals surface area contributed by atoms with Crippen molar-refractivity contribution in [3.63, 3.8) is 0 Å². The lowest BCUT2D eigenvalue weighted by Gasteiger charge is -2.28. The molecule has 0 radical (unpaired) electrons. The Labute approximate surface area is 117 Å². The summed E-state index contributed by atoms with van der Waals surface area (Å²) in [6.45, 7) is 2.99. The van der Waals surface area contributed by atoms with Crippen molar-refractivity contribution in [2.24, 2.45) is 0 Å². The van der Waals surface area contributed by atoms with Gasteiger partial charge in [0.05, 0.1) is 23.4 Å². The second kappa shape index (κ2) is 5.50. The van der Waals surface area contributed by atoms with E-state index in [1.54, 1.807) is 25.2 Å². The Morgan fingerprint density at radius 2 is 2.10 bits per heavy atom. The van der Waals surface area contributed by atoms with Gasteiger partial charge < -0.3 is 15.2 Å². The van der Waals surface area contributed by atoms with E-state index in [0.29, 0.717) is 18.9 Å². The second-order valence-corrected chi connectivity index (χ2v) is 5.17. The predicted octanol–water partition coefficient (Wildman–Crippen LogP) is 1.71. The number of para-hydroxylation sites is 1. The molecule has 0 bridgehead atoms. The second-order valence-electron chi connectivity index (χ2n) is 5.17. The van der Waals surface area contributed by atoms with Crippen molar-refractivity contribution in [3.8, 4) is 0 Å². The first kappa shape index (κ1) is 14.3. The largest absolute Gasteiger partial charge is 0.478 e. The van der Waals surface area contributed by atoms with E-state index in [1.807, 2.05) is 6.92 Å². The third-order valence-corrected chi connectivity index (χ3v) is 3.43. The summed E-state index contributed by atoms with van der Waals surface area (Å²) in [4.78, 5) is 24.7. The molecular weight excluding hydrogens is 260 g/mol. The van der Waals surface area contributed by atoms with E-state index in [2.05, 4.69) is 5.32 Å². The lowest BCUT2D eigenvalue weighted by Crippen LogP contribution is -2.51. The summed E-state index contributed by atoms with van der Waals surface area (Å²) in [5.74, 6) is -1.06. The lowest BCUT2D eigenvalue weighted by atomic mass is 10.0. The average molecular weight is 278 g/mol. The number of nitrogens with one attached hydrogen (secondary N) is 1. The SMILES string of the molecule is CN(C(=O)NC1(C)CCOC1)c1ccccc1C(=O)O. The van der Waals surface area contributed by atoms with E-state index in [-0.39, 0.29) is 11.6 Å². The summed E-state index contributed by atoms with van der Waals surface area (Å²) in [6, 6.07) is 6.07. The first-order chi connectivity index (χ1) is 9.43. The van der Waals surface area contributed by atoms with Crippen molar-refractivity contribution < 1.29 is 19.4 Å². The number of carbonyl (C=O) groups excluding carboxylic acids is 1. The topological polar surface area (TPSA) is 78.9 Å². The number of carboxylic acids is 1. The third kappa shape index (κ3) is 2.91. The van der Waals surface area contributed by atoms with Gasteiger partial charge in [-0.15, -0.1) is 0 Å². The number of urea groups is 1. The molecule has 1 aliphatic rings. The average Bonchev–Trinajstić information content (AvgIpc) is 2.84. The monoisotopic (exact) mass is 278 g/mol. The molecule has 0 spiro atoms. The number of benzene rings is 1. The zero-order chi connectivity index (χ0) is 14.8. The van der Waals surface area contributed by atoms with Gasteiger partial charge in [-0.05, 0) is 25.5 Å². The van der Waals surface area contributed by atoms with Crippen LogP contribution in [0.4, 0.5) is 10.5 Å². The maximum Gasteiger partial charge on any atom is 0.337 e. The fraction of sp³-hybridized carbons (Fsp3) is 0.429. The van der Waals surface area contributed by atoms with E-state index in [0.717, 1.165) is 6.42 Å².